The summed E-state index contributed by atoms with van der Waals surface area (Å²) < 4.78 is 0. The average molecular weight is 282 g/mol. The Balaban J connectivity index is 2.73. The molecule has 0 unspecified atom stereocenters. The molecule has 0 aromatic carbocycles. The van der Waals surface area contributed by atoms with Crippen molar-refractivity contribution in [1.82, 2.24) is 9.62 Å². The predicted molar refractivity (Wildman–Crippen MR) is 92.7 cm³/mol. The minimum Gasteiger partial charge on any atom is -0.329 e. The fraction of sp³-hybridized carbons (Fsp3) is 1.00. The van der Waals surface area contributed by atoms with Gasteiger partial charge in [-0.05, 0) is 29.9 Å². The van der Waals surface area contributed by atoms with Crippen LogP contribution in [0.4, 0.5) is 0 Å². The molecule has 1 aliphatic heterocycles. The molecule has 1 fully saturated rings. The van der Waals surface area contributed by atoms with Gasteiger partial charge >= 0.3 is 0 Å². The number of nitrogens with zero attached hydrogens (tertiary/aromatic N) is 2. The van der Waals surface area contributed by atoms with E-state index in [1.165, 1.54) is 0 Å². The van der Waals surface area contributed by atoms with Gasteiger partial charge in [-0.15, -0.1) is 0 Å². The first-order valence-electron chi connectivity index (χ1n) is 7.88. The summed E-state index contributed by atoms with van der Waals surface area (Å²) in [6.07, 6.45) is 1.37. The van der Waals surface area contributed by atoms with E-state index in [9.17, 15) is 0 Å². The van der Waals surface area contributed by atoms with Crippen molar-refractivity contribution in [3.05, 3.63) is 0 Å². The molecule has 0 bridgehead atoms. The van der Waals surface area contributed by atoms with Crippen LogP contribution in [-0.2, 0) is 0 Å². The van der Waals surface area contributed by atoms with Crippen LogP contribution in [0.25, 0.3) is 0 Å². The van der Waals surface area contributed by atoms with Gasteiger partial charge in [-0.3, -0.25) is 0 Å². The van der Waals surface area contributed by atoms with Crippen molar-refractivity contribution in [3.8, 4) is 0 Å². The summed E-state index contributed by atoms with van der Waals surface area (Å²) in [6.45, 7) is 21.0. The third-order valence-corrected chi connectivity index (χ3v) is 6.05. The quantitative estimate of drug-likeness (QED) is 0.683. The molecule has 0 saturated carbocycles. The number of hydrogen-bond donors (Lipinski definition) is 0. The van der Waals surface area contributed by atoms with E-state index in [0.717, 1.165) is 5.72 Å². The van der Waals surface area contributed by atoms with Gasteiger partial charge in [0.2, 0.25) is 0 Å². The highest BCUT2D eigenvalue weighted by Crippen LogP contribution is 2.46. The van der Waals surface area contributed by atoms with Crippen LogP contribution in [0, 0.1) is 0 Å². The Morgan fingerprint density at radius 1 is 0.684 bits per heavy atom. The molecule has 1 rings (SSSR count). The number of rotatable bonds is 6. The Morgan fingerprint density at radius 3 is 1.11 bits per heavy atom. The maximum absolute atomic E-state index is 2.67. The van der Waals surface area contributed by atoms with E-state index < -0.39 is 0 Å². The molecular weight excluding hydrogens is 250 g/mol. The Hall–Kier alpha value is 0.400. The first kappa shape index (κ1) is 17.5. The highest BCUT2D eigenvalue weighted by atomic mass is 32.2. The monoisotopic (exact) mass is 282 g/mol. The fourth-order valence-corrected chi connectivity index (χ4v) is 5.56. The third-order valence-electron chi connectivity index (χ3n) is 4.15. The van der Waals surface area contributed by atoms with Crippen molar-refractivity contribution in [3.63, 3.8) is 0 Å². The Bertz CT molecular complexity index is 243. The zero-order valence-electron chi connectivity index (χ0n) is 14.3. The molecule has 0 amide bonds. The van der Waals surface area contributed by atoms with Crippen molar-refractivity contribution in [2.45, 2.75) is 92.2 Å². The van der Waals surface area contributed by atoms with Gasteiger partial charge < -0.3 is 9.62 Å². The van der Waals surface area contributed by atoms with Crippen LogP contribution in [0.2, 0.25) is 5.72 Å². The van der Waals surface area contributed by atoms with E-state index in [4.69, 9.17) is 0 Å². The molecule has 0 N–H and O–H groups in total. The molecule has 2 nitrogen and oxygen atoms in total. The van der Waals surface area contributed by atoms with Gasteiger partial charge in [0.05, 0.1) is 0 Å². The summed E-state index contributed by atoms with van der Waals surface area (Å²) in [5.74, 6) is 0. The highest BCUT2D eigenvalue weighted by molar-refractivity contribution is 8.49. The normalized spacial score (nSPS) is 17.8. The molecule has 0 radical (unpaired) electrons. The lowest BCUT2D eigenvalue weighted by Crippen LogP contribution is -2.64. The smallest absolute Gasteiger partial charge is 0.280 e. The van der Waals surface area contributed by atoms with Crippen molar-refractivity contribution >= 4 is 23.7 Å². The van der Waals surface area contributed by atoms with E-state index >= 15 is 0 Å². The Labute approximate surface area is 126 Å². The SMILES string of the molecule is CC1B(N(C(C)C)C(C)C)SB1N(C(C)C)C(C)C. The van der Waals surface area contributed by atoms with Crippen LogP contribution >= 0.6 is 11.5 Å². The zero-order chi connectivity index (χ0) is 14.9. The van der Waals surface area contributed by atoms with Gasteiger partial charge in [0.25, 0.3) is 12.3 Å². The van der Waals surface area contributed by atoms with Gasteiger partial charge in [-0.1, -0.05) is 62.3 Å². The largest absolute Gasteiger partial charge is 0.329 e. The summed E-state index contributed by atoms with van der Waals surface area (Å²) in [4.78, 5) is 5.34. The van der Waals surface area contributed by atoms with Gasteiger partial charge in [0.1, 0.15) is 0 Å². The molecule has 110 valence electrons. The number of hydrogen-bond acceptors (Lipinski definition) is 3. The lowest BCUT2D eigenvalue weighted by molar-refractivity contribution is 0.295. The van der Waals surface area contributed by atoms with E-state index in [1.807, 2.05) is 0 Å². The van der Waals surface area contributed by atoms with E-state index in [-0.39, 0.29) is 0 Å². The van der Waals surface area contributed by atoms with Crippen LogP contribution in [0.1, 0.15) is 62.3 Å². The van der Waals surface area contributed by atoms with Crippen molar-refractivity contribution in [2.75, 3.05) is 0 Å². The van der Waals surface area contributed by atoms with Crippen molar-refractivity contribution < 1.29 is 0 Å². The minimum absolute atomic E-state index is 0.632. The molecule has 0 atom stereocenters. The van der Waals surface area contributed by atoms with E-state index in [2.05, 4.69) is 83.4 Å². The predicted octanol–water partition coefficient (Wildman–Crippen LogP) is 3.88. The fourth-order valence-electron chi connectivity index (χ4n) is 3.49. The summed E-state index contributed by atoms with van der Waals surface area (Å²) in [6, 6.07) is 2.53. The standard InChI is InChI=1S/C14H32B2N2S/c1-10(2)17(11(3)4)15-14(9)16(19-15)18(12(5)6)13(7)8/h10-14H,1-9H3. The lowest BCUT2D eigenvalue weighted by Gasteiger charge is -2.52. The van der Waals surface area contributed by atoms with Gasteiger partial charge in [-0.25, -0.2) is 11.5 Å². The van der Waals surface area contributed by atoms with Gasteiger partial charge in [0.15, 0.2) is 0 Å². The summed E-state index contributed by atoms with van der Waals surface area (Å²) >= 11 is 2.16. The molecule has 1 saturated heterocycles. The molecule has 1 aliphatic rings. The van der Waals surface area contributed by atoms with Crippen LogP contribution < -0.4 is 0 Å². The topological polar surface area (TPSA) is 6.48 Å². The minimum atomic E-state index is 0.632. The van der Waals surface area contributed by atoms with Gasteiger partial charge in [0, 0.05) is 0 Å². The first-order valence-corrected chi connectivity index (χ1v) is 8.83. The van der Waals surface area contributed by atoms with E-state index in [0.29, 0.717) is 36.4 Å². The second-order valence-corrected chi connectivity index (χ2v) is 8.28. The van der Waals surface area contributed by atoms with Crippen LogP contribution in [0.15, 0.2) is 0 Å². The average Bonchev–Trinajstić information content (AvgIpc) is 2.24. The molecule has 19 heavy (non-hydrogen) atoms. The molecular formula is C14H32B2N2S. The van der Waals surface area contributed by atoms with Gasteiger partial charge in [-0.2, -0.15) is 0 Å². The summed E-state index contributed by atoms with van der Waals surface area (Å²) in [5.41, 5.74) is 0.750. The molecule has 0 aliphatic carbocycles. The second kappa shape index (κ2) is 6.91. The van der Waals surface area contributed by atoms with Crippen LogP contribution in [0.3, 0.4) is 0 Å². The van der Waals surface area contributed by atoms with Crippen LogP contribution in [0.5, 0.6) is 0 Å². The Kier molecular flexibility index (Phi) is 6.34. The van der Waals surface area contributed by atoms with Crippen molar-refractivity contribution in [2.24, 2.45) is 0 Å². The zero-order valence-corrected chi connectivity index (χ0v) is 15.2. The molecule has 0 aromatic heterocycles. The van der Waals surface area contributed by atoms with E-state index in [1.54, 1.807) is 0 Å². The Morgan fingerprint density at radius 2 is 0.947 bits per heavy atom. The second-order valence-electron chi connectivity index (χ2n) is 7.05. The maximum atomic E-state index is 2.67. The molecule has 0 aromatic rings. The van der Waals surface area contributed by atoms with Crippen molar-refractivity contribution in [1.29, 1.82) is 0 Å². The molecule has 1 heterocycles. The maximum Gasteiger partial charge on any atom is 0.280 e. The summed E-state index contributed by atoms with van der Waals surface area (Å²) in [5, 5.41) is 0. The third kappa shape index (κ3) is 3.74. The molecule has 0 spiro atoms. The first-order chi connectivity index (χ1) is 8.68. The summed E-state index contributed by atoms with van der Waals surface area (Å²) in [7, 11) is 0. The highest BCUT2D eigenvalue weighted by Gasteiger charge is 2.53. The van der Waals surface area contributed by atoms with Crippen LogP contribution in [-0.4, -0.2) is 46.0 Å². The molecule has 5 heteroatoms. The lowest BCUT2D eigenvalue weighted by atomic mass is 9.49.